The second-order valence-electron chi connectivity index (χ2n) is 3.08. The number of allylic oxidation sites excluding steroid dienone is 1. The summed E-state index contributed by atoms with van der Waals surface area (Å²) in [5, 5.41) is 0. The van der Waals surface area contributed by atoms with E-state index >= 15 is 0 Å². The van der Waals surface area contributed by atoms with Crippen LogP contribution in [0.3, 0.4) is 0 Å². The van der Waals surface area contributed by atoms with Crippen LogP contribution in [0.1, 0.15) is 20.3 Å². The highest BCUT2D eigenvalue weighted by Crippen LogP contribution is 2.01. The average Bonchev–Trinajstić information content (AvgIpc) is 1.87. The van der Waals surface area contributed by atoms with E-state index in [-0.39, 0.29) is 0 Å². The number of rotatable bonds is 4. The molecule has 0 aliphatic heterocycles. The lowest BCUT2D eigenvalue weighted by molar-refractivity contribution is 0.455. The van der Waals surface area contributed by atoms with E-state index in [1.54, 1.807) is 0 Å². The number of hydrogen-bond acceptors (Lipinski definition) is 1. The monoisotopic (exact) mass is 141 g/mol. The molecule has 0 saturated heterocycles. The third-order valence-electron chi connectivity index (χ3n) is 1.58. The van der Waals surface area contributed by atoms with E-state index in [0.29, 0.717) is 0 Å². The van der Waals surface area contributed by atoms with Crippen LogP contribution in [0.5, 0.6) is 0 Å². The van der Waals surface area contributed by atoms with Gasteiger partial charge < -0.3 is 4.90 Å². The number of nitrogens with zero attached hydrogens (tertiary/aromatic N) is 1. The van der Waals surface area contributed by atoms with Crippen molar-refractivity contribution >= 4 is 0 Å². The van der Waals surface area contributed by atoms with Crippen molar-refractivity contribution in [2.45, 2.75) is 20.3 Å². The fourth-order valence-corrected chi connectivity index (χ4v) is 0.640. The Bertz CT molecular complexity index is 94.9. The molecule has 0 amide bonds. The van der Waals surface area contributed by atoms with E-state index < -0.39 is 0 Å². The van der Waals surface area contributed by atoms with Gasteiger partial charge in [0.2, 0.25) is 0 Å². The molecule has 0 N–H and O–H groups in total. The lowest BCUT2D eigenvalue weighted by Crippen LogP contribution is -2.10. The first-order valence-corrected chi connectivity index (χ1v) is 3.98. The van der Waals surface area contributed by atoms with E-state index in [9.17, 15) is 0 Å². The lowest BCUT2D eigenvalue weighted by atomic mass is 10.1. The smallest absolute Gasteiger partial charge is 0.0157 e. The van der Waals surface area contributed by atoms with E-state index in [4.69, 9.17) is 0 Å². The molecule has 0 aromatic rings. The summed E-state index contributed by atoms with van der Waals surface area (Å²) in [6.45, 7) is 5.52. The Kier molecular flexibility index (Phi) is 5.32. The molecule has 0 aromatic heterocycles. The van der Waals surface area contributed by atoms with Gasteiger partial charge in [0.1, 0.15) is 0 Å². The number of likely N-dealkylation sites (N-methyl/N-ethyl adjacent to an activating group) is 1. The van der Waals surface area contributed by atoms with Gasteiger partial charge in [0, 0.05) is 6.54 Å². The maximum atomic E-state index is 2.28. The number of hydrogen-bond donors (Lipinski definition) is 0. The highest BCUT2D eigenvalue weighted by molar-refractivity contribution is 4.87. The normalized spacial score (nSPS) is 14.9. The van der Waals surface area contributed by atoms with E-state index in [0.717, 1.165) is 12.5 Å². The van der Waals surface area contributed by atoms with Gasteiger partial charge in [-0.3, -0.25) is 0 Å². The molecular formula is C9H19N. The van der Waals surface area contributed by atoms with Gasteiger partial charge >= 0.3 is 0 Å². The van der Waals surface area contributed by atoms with Crippen LogP contribution in [0.15, 0.2) is 12.2 Å². The van der Waals surface area contributed by atoms with Gasteiger partial charge in [-0.2, -0.15) is 0 Å². The van der Waals surface area contributed by atoms with Gasteiger partial charge in [0.05, 0.1) is 0 Å². The van der Waals surface area contributed by atoms with Gasteiger partial charge in [-0.05, 0) is 20.0 Å². The first kappa shape index (κ1) is 9.70. The zero-order valence-electron chi connectivity index (χ0n) is 7.59. The Balaban J connectivity index is 3.36. The van der Waals surface area contributed by atoms with Crippen LogP contribution in [-0.4, -0.2) is 25.5 Å². The minimum absolute atomic E-state index is 0.736. The van der Waals surface area contributed by atoms with Crippen molar-refractivity contribution in [2.75, 3.05) is 20.6 Å². The van der Waals surface area contributed by atoms with Crippen LogP contribution in [0, 0.1) is 5.92 Å². The molecular weight excluding hydrogens is 122 g/mol. The molecule has 1 nitrogen and oxygen atoms in total. The van der Waals surface area contributed by atoms with Gasteiger partial charge in [-0.25, -0.2) is 0 Å². The Hall–Kier alpha value is -0.300. The van der Waals surface area contributed by atoms with Crippen LogP contribution in [0.2, 0.25) is 0 Å². The molecule has 0 aliphatic carbocycles. The largest absolute Gasteiger partial charge is 0.306 e. The molecule has 1 atom stereocenters. The summed E-state index contributed by atoms with van der Waals surface area (Å²) in [5.74, 6) is 0.736. The van der Waals surface area contributed by atoms with Crippen molar-refractivity contribution in [1.82, 2.24) is 4.90 Å². The molecule has 0 bridgehead atoms. The Labute approximate surface area is 64.7 Å². The van der Waals surface area contributed by atoms with Crippen molar-refractivity contribution in [3.05, 3.63) is 12.2 Å². The molecule has 0 saturated carbocycles. The molecule has 60 valence electrons. The summed E-state index contributed by atoms with van der Waals surface area (Å²) in [4.78, 5) is 2.17. The summed E-state index contributed by atoms with van der Waals surface area (Å²) in [7, 11) is 4.17. The summed E-state index contributed by atoms with van der Waals surface area (Å²) >= 11 is 0. The van der Waals surface area contributed by atoms with Gasteiger partial charge in [-0.1, -0.05) is 32.4 Å². The van der Waals surface area contributed by atoms with Gasteiger partial charge in [0.15, 0.2) is 0 Å². The standard InChI is InChI=1S/C9H19N/c1-5-9(2)7-6-8-10(3)4/h6-7,9H,5,8H2,1-4H3/b7-6-. The Morgan fingerprint density at radius 2 is 2.00 bits per heavy atom. The second kappa shape index (κ2) is 5.48. The Morgan fingerprint density at radius 3 is 2.40 bits per heavy atom. The van der Waals surface area contributed by atoms with Crippen LogP contribution in [-0.2, 0) is 0 Å². The fourth-order valence-electron chi connectivity index (χ4n) is 0.640. The van der Waals surface area contributed by atoms with E-state index in [1.165, 1.54) is 6.42 Å². The molecule has 0 rings (SSSR count). The lowest BCUT2D eigenvalue weighted by Gasteiger charge is -2.05. The quantitative estimate of drug-likeness (QED) is 0.542. The van der Waals surface area contributed by atoms with E-state index in [2.05, 4.69) is 45.0 Å². The predicted molar refractivity (Wildman–Crippen MR) is 47.1 cm³/mol. The van der Waals surface area contributed by atoms with Crippen molar-refractivity contribution in [3.63, 3.8) is 0 Å². The summed E-state index contributed by atoms with van der Waals surface area (Å²) in [5.41, 5.74) is 0. The summed E-state index contributed by atoms with van der Waals surface area (Å²) < 4.78 is 0. The molecule has 1 heteroatoms. The van der Waals surface area contributed by atoms with Crippen LogP contribution < -0.4 is 0 Å². The van der Waals surface area contributed by atoms with Crippen molar-refractivity contribution in [2.24, 2.45) is 5.92 Å². The molecule has 0 heterocycles. The topological polar surface area (TPSA) is 3.24 Å². The predicted octanol–water partition coefficient (Wildman–Crippen LogP) is 2.15. The maximum absolute atomic E-state index is 2.28. The van der Waals surface area contributed by atoms with Crippen molar-refractivity contribution in [1.29, 1.82) is 0 Å². The molecule has 1 unspecified atom stereocenters. The zero-order valence-corrected chi connectivity index (χ0v) is 7.59. The van der Waals surface area contributed by atoms with Gasteiger partial charge in [0.25, 0.3) is 0 Å². The summed E-state index contributed by atoms with van der Waals surface area (Å²) in [6, 6.07) is 0. The van der Waals surface area contributed by atoms with Crippen molar-refractivity contribution < 1.29 is 0 Å². The molecule has 0 aliphatic rings. The molecule has 10 heavy (non-hydrogen) atoms. The van der Waals surface area contributed by atoms with Gasteiger partial charge in [-0.15, -0.1) is 0 Å². The first-order valence-electron chi connectivity index (χ1n) is 3.98. The minimum Gasteiger partial charge on any atom is -0.306 e. The SMILES string of the molecule is CCC(C)/C=C\CN(C)C. The highest BCUT2D eigenvalue weighted by atomic mass is 15.0. The molecule has 0 aromatic carbocycles. The van der Waals surface area contributed by atoms with Crippen LogP contribution >= 0.6 is 0 Å². The van der Waals surface area contributed by atoms with E-state index in [1.807, 2.05) is 0 Å². The maximum Gasteiger partial charge on any atom is 0.0157 e. The first-order chi connectivity index (χ1) is 4.66. The third kappa shape index (κ3) is 5.83. The van der Waals surface area contributed by atoms with Crippen LogP contribution in [0.4, 0.5) is 0 Å². The molecule has 0 spiro atoms. The molecule has 0 fully saturated rings. The average molecular weight is 141 g/mol. The molecule has 0 radical (unpaired) electrons. The Morgan fingerprint density at radius 1 is 1.40 bits per heavy atom. The third-order valence-corrected chi connectivity index (χ3v) is 1.58. The zero-order chi connectivity index (χ0) is 7.98. The fraction of sp³-hybridized carbons (Fsp3) is 0.778. The second-order valence-corrected chi connectivity index (χ2v) is 3.08. The van der Waals surface area contributed by atoms with Crippen molar-refractivity contribution in [3.8, 4) is 0 Å². The van der Waals surface area contributed by atoms with Crippen LogP contribution in [0.25, 0.3) is 0 Å². The highest BCUT2D eigenvalue weighted by Gasteiger charge is 1.89. The minimum atomic E-state index is 0.736. The summed E-state index contributed by atoms with van der Waals surface area (Å²) in [6.07, 6.45) is 5.75.